The lowest BCUT2D eigenvalue weighted by molar-refractivity contribution is 0.312. The van der Waals surface area contributed by atoms with Crippen LogP contribution in [0, 0.1) is 11.3 Å². The molecule has 0 saturated carbocycles. The van der Waals surface area contributed by atoms with E-state index in [1.165, 1.54) is 16.9 Å². The predicted molar refractivity (Wildman–Crippen MR) is 94.5 cm³/mol. The number of nitriles is 1. The molecule has 1 saturated heterocycles. The Morgan fingerprint density at radius 1 is 1.16 bits per heavy atom. The van der Waals surface area contributed by atoms with Gasteiger partial charge in [-0.05, 0) is 25.2 Å². The molecule has 0 bridgehead atoms. The zero-order valence-electron chi connectivity index (χ0n) is 13.9. The number of rotatable bonds is 2. The van der Waals surface area contributed by atoms with Gasteiger partial charge in [0.2, 0.25) is 0 Å². The number of hydrogen-bond donors (Lipinski definition) is 1. The maximum atomic E-state index is 9.96. The Balaban J connectivity index is 1.72. The summed E-state index contributed by atoms with van der Waals surface area (Å²) >= 11 is 0. The number of pyridine rings is 2. The van der Waals surface area contributed by atoms with Crippen molar-refractivity contribution >= 4 is 11.3 Å². The number of nitrogens with zero attached hydrogens (tertiary/aromatic N) is 6. The Hall–Kier alpha value is -3.11. The summed E-state index contributed by atoms with van der Waals surface area (Å²) in [6, 6.07) is 7.76. The van der Waals surface area contributed by atoms with E-state index in [0.717, 1.165) is 43.1 Å². The van der Waals surface area contributed by atoms with Crippen LogP contribution in [0.15, 0.2) is 36.8 Å². The second-order valence-corrected chi connectivity index (χ2v) is 6.27. The molecule has 0 aromatic carbocycles. The van der Waals surface area contributed by atoms with Crippen molar-refractivity contribution in [3.05, 3.63) is 42.4 Å². The van der Waals surface area contributed by atoms with Crippen LogP contribution in [0.3, 0.4) is 0 Å². The SMILES string of the molecule is CN1CCN(c2ccc(-c3cc(O)cn4ncc(C#N)c34)cn2)CC1. The highest BCUT2D eigenvalue weighted by molar-refractivity contribution is 5.85. The van der Waals surface area contributed by atoms with E-state index >= 15 is 0 Å². The van der Waals surface area contributed by atoms with Gasteiger partial charge in [0.15, 0.2) is 0 Å². The van der Waals surface area contributed by atoms with E-state index in [9.17, 15) is 10.4 Å². The van der Waals surface area contributed by atoms with E-state index in [1.807, 2.05) is 12.1 Å². The van der Waals surface area contributed by atoms with Crippen LogP contribution in [0.5, 0.6) is 5.75 Å². The zero-order chi connectivity index (χ0) is 17.4. The second-order valence-electron chi connectivity index (χ2n) is 6.27. The topological polar surface area (TPSA) is 80.7 Å². The lowest BCUT2D eigenvalue weighted by Gasteiger charge is -2.33. The minimum atomic E-state index is 0.0956. The minimum Gasteiger partial charge on any atom is -0.506 e. The first kappa shape index (κ1) is 15.4. The predicted octanol–water partition coefficient (Wildman–Crippen LogP) is 1.73. The van der Waals surface area contributed by atoms with E-state index in [2.05, 4.69) is 33.0 Å². The fourth-order valence-electron chi connectivity index (χ4n) is 3.18. The van der Waals surface area contributed by atoms with Crippen molar-refractivity contribution in [2.45, 2.75) is 0 Å². The van der Waals surface area contributed by atoms with Gasteiger partial charge < -0.3 is 14.9 Å². The molecule has 0 spiro atoms. The molecule has 126 valence electrons. The molecule has 0 aliphatic carbocycles. The molecule has 25 heavy (non-hydrogen) atoms. The van der Waals surface area contributed by atoms with Gasteiger partial charge >= 0.3 is 0 Å². The summed E-state index contributed by atoms with van der Waals surface area (Å²) in [7, 11) is 2.12. The van der Waals surface area contributed by atoms with E-state index in [-0.39, 0.29) is 5.75 Å². The normalized spacial score (nSPS) is 15.4. The molecule has 4 heterocycles. The molecule has 1 aliphatic heterocycles. The maximum Gasteiger partial charge on any atom is 0.134 e. The van der Waals surface area contributed by atoms with Crippen LogP contribution in [-0.2, 0) is 0 Å². The molecule has 0 atom stereocenters. The smallest absolute Gasteiger partial charge is 0.134 e. The number of aromatic nitrogens is 3. The number of likely N-dealkylation sites (N-methyl/N-ethyl adjacent to an activating group) is 1. The van der Waals surface area contributed by atoms with Crippen LogP contribution in [0.4, 0.5) is 5.82 Å². The summed E-state index contributed by atoms with van der Waals surface area (Å²) in [6.07, 6.45) is 4.78. The van der Waals surface area contributed by atoms with Gasteiger partial charge in [0.1, 0.15) is 17.6 Å². The molecule has 3 aromatic rings. The first-order valence-electron chi connectivity index (χ1n) is 8.16. The maximum absolute atomic E-state index is 9.96. The average molecular weight is 334 g/mol. The lowest BCUT2D eigenvalue weighted by atomic mass is 10.1. The van der Waals surface area contributed by atoms with Gasteiger partial charge in [-0.25, -0.2) is 9.50 Å². The second kappa shape index (κ2) is 6.07. The molecule has 0 unspecified atom stereocenters. The van der Waals surface area contributed by atoms with Crippen molar-refractivity contribution in [2.24, 2.45) is 0 Å². The molecule has 1 fully saturated rings. The third-order valence-corrected chi connectivity index (χ3v) is 4.60. The van der Waals surface area contributed by atoms with Gasteiger partial charge in [-0.3, -0.25) is 0 Å². The molecule has 7 nitrogen and oxygen atoms in total. The van der Waals surface area contributed by atoms with Crippen LogP contribution in [0.1, 0.15) is 5.56 Å². The van der Waals surface area contributed by atoms with Gasteiger partial charge in [0.05, 0.1) is 23.5 Å². The van der Waals surface area contributed by atoms with Crippen molar-refractivity contribution in [1.29, 1.82) is 5.26 Å². The van der Waals surface area contributed by atoms with Crippen molar-refractivity contribution in [2.75, 3.05) is 38.1 Å². The molecule has 1 N–H and O–H groups in total. The molecular formula is C18H18N6O. The standard InChI is InChI=1S/C18H18N6O/c1-22-4-6-23(7-5-22)17-3-2-13(10-20-17)16-8-15(25)12-24-18(16)14(9-19)11-21-24/h2-3,8,10-12,25H,4-7H2,1H3. The highest BCUT2D eigenvalue weighted by Gasteiger charge is 2.16. The Kier molecular flexibility index (Phi) is 3.75. The summed E-state index contributed by atoms with van der Waals surface area (Å²) in [4.78, 5) is 9.16. The van der Waals surface area contributed by atoms with Crippen LogP contribution < -0.4 is 4.90 Å². The number of piperazine rings is 1. The molecule has 0 radical (unpaired) electrons. The van der Waals surface area contributed by atoms with Crippen LogP contribution in [0.25, 0.3) is 16.6 Å². The first-order valence-corrected chi connectivity index (χ1v) is 8.16. The van der Waals surface area contributed by atoms with Crippen molar-refractivity contribution in [3.63, 3.8) is 0 Å². The van der Waals surface area contributed by atoms with Crippen molar-refractivity contribution in [1.82, 2.24) is 19.5 Å². The Labute approximate surface area is 145 Å². The quantitative estimate of drug-likeness (QED) is 0.769. The van der Waals surface area contributed by atoms with Crippen LogP contribution in [-0.4, -0.2) is 57.8 Å². The van der Waals surface area contributed by atoms with Gasteiger partial charge in [-0.1, -0.05) is 0 Å². The summed E-state index contributed by atoms with van der Waals surface area (Å²) in [5.41, 5.74) is 2.73. The van der Waals surface area contributed by atoms with Gasteiger partial charge in [-0.15, -0.1) is 0 Å². The molecule has 0 amide bonds. The molecule has 7 heteroatoms. The largest absolute Gasteiger partial charge is 0.506 e. The van der Waals surface area contributed by atoms with Crippen LogP contribution >= 0.6 is 0 Å². The van der Waals surface area contributed by atoms with E-state index in [1.54, 1.807) is 12.3 Å². The number of fused-ring (bicyclic) bond motifs is 1. The Bertz CT molecular complexity index is 948. The molecule has 3 aromatic heterocycles. The number of anilines is 1. The Morgan fingerprint density at radius 3 is 2.64 bits per heavy atom. The fourth-order valence-corrected chi connectivity index (χ4v) is 3.18. The Morgan fingerprint density at radius 2 is 1.96 bits per heavy atom. The van der Waals surface area contributed by atoms with Gasteiger partial charge in [-0.2, -0.15) is 10.4 Å². The summed E-state index contributed by atoms with van der Waals surface area (Å²) in [5.74, 6) is 1.04. The molecule has 1 aliphatic rings. The van der Waals surface area contributed by atoms with Crippen molar-refractivity contribution in [3.8, 4) is 22.9 Å². The zero-order valence-corrected chi connectivity index (χ0v) is 13.9. The third kappa shape index (κ3) is 2.77. The molecular weight excluding hydrogens is 316 g/mol. The first-order chi connectivity index (χ1) is 12.2. The minimum absolute atomic E-state index is 0.0956. The monoisotopic (exact) mass is 334 g/mol. The number of aromatic hydroxyl groups is 1. The van der Waals surface area contributed by atoms with Gasteiger partial charge in [0.25, 0.3) is 0 Å². The third-order valence-electron chi connectivity index (χ3n) is 4.60. The van der Waals surface area contributed by atoms with E-state index < -0.39 is 0 Å². The van der Waals surface area contributed by atoms with E-state index in [0.29, 0.717) is 11.1 Å². The summed E-state index contributed by atoms with van der Waals surface area (Å²) in [5, 5.41) is 23.4. The summed E-state index contributed by atoms with van der Waals surface area (Å²) in [6.45, 7) is 3.97. The van der Waals surface area contributed by atoms with Gasteiger partial charge in [0, 0.05) is 43.5 Å². The van der Waals surface area contributed by atoms with Crippen molar-refractivity contribution < 1.29 is 5.11 Å². The lowest BCUT2D eigenvalue weighted by Crippen LogP contribution is -2.44. The fraction of sp³-hybridized carbons (Fsp3) is 0.278. The summed E-state index contributed by atoms with van der Waals surface area (Å²) < 4.78 is 1.53. The van der Waals surface area contributed by atoms with E-state index in [4.69, 9.17) is 0 Å². The van der Waals surface area contributed by atoms with Crippen LogP contribution in [0.2, 0.25) is 0 Å². The molecule has 4 rings (SSSR count). The average Bonchev–Trinajstić information content (AvgIpc) is 3.04. The number of hydrogen-bond acceptors (Lipinski definition) is 6. The highest BCUT2D eigenvalue weighted by atomic mass is 16.3. The highest BCUT2D eigenvalue weighted by Crippen LogP contribution is 2.30.